The zero-order valence-electron chi connectivity index (χ0n) is 19.5. The van der Waals surface area contributed by atoms with Gasteiger partial charge in [-0.3, -0.25) is 9.59 Å². The fourth-order valence-electron chi connectivity index (χ4n) is 4.94. The van der Waals surface area contributed by atoms with E-state index in [1.807, 2.05) is 12.1 Å². The van der Waals surface area contributed by atoms with Gasteiger partial charge in [-0.1, -0.05) is 31.2 Å². The molecule has 2 N–H and O–H groups in total. The Balaban J connectivity index is 1.52. The highest BCUT2D eigenvalue weighted by atomic mass is 16.2. The average molecular weight is 447 g/mol. The van der Waals surface area contributed by atoms with Gasteiger partial charge in [-0.05, 0) is 74.6 Å². The number of fused-ring (bicyclic) bond motifs is 1. The predicted octanol–water partition coefficient (Wildman–Crippen LogP) is 4.33. The summed E-state index contributed by atoms with van der Waals surface area (Å²) < 4.78 is 0. The van der Waals surface area contributed by atoms with E-state index in [4.69, 9.17) is 0 Å². The molecule has 0 bridgehead atoms. The number of urea groups is 1. The summed E-state index contributed by atoms with van der Waals surface area (Å²) in [5.41, 5.74) is 4.15. The number of nitrogens with one attached hydrogen (secondary N) is 2. The van der Waals surface area contributed by atoms with Crippen molar-refractivity contribution in [2.24, 2.45) is 0 Å². The Labute approximate surface area is 194 Å². The fourth-order valence-corrected chi connectivity index (χ4v) is 4.94. The minimum atomic E-state index is -0.598. The number of nitrogens with zero attached hydrogens (tertiary/aromatic N) is 2. The van der Waals surface area contributed by atoms with Gasteiger partial charge in [-0.15, -0.1) is 0 Å². The smallest absolute Gasteiger partial charge is 0.329 e. The third-order valence-electron chi connectivity index (χ3n) is 6.36. The van der Waals surface area contributed by atoms with Gasteiger partial charge in [0.1, 0.15) is 12.2 Å². The molecule has 33 heavy (non-hydrogen) atoms. The molecule has 0 aromatic heterocycles. The predicted molar refractivity (Wildman–Crippen MR) is 130 cm³/mol. The van der Waals surface area contributed by atoms with Gasteiger partial charge in [-0.2, -0.15) is 0 Å². The number of para-hydroxylation sites is 1. The van der Waals surface area contributed by atoms with E-state index in [0.717, 1.165) is 23.4 Å². The van der Waals surface area contributed by atoms with Gasteiger partial charge in [-0.25, -0.2) is 9.69 Å². The van der Waals surface area contributed by atoms with Crippen LogP contribution in [-0.4, -0.2) is 41.4 Å². The maximum atomic E-state index is 12.8. The first-order chi connectivity index (χ1) is 15.7. The Morgan fingerprint density at radius 1 is 1.18 bits per heavy atom. The van der Waals surface area contributed by atoms with Crippen molar-refractivity contribution in [2.45, 2.75) is 45.6 Å². The van der Waals surface area contributed by atoms with Gasteiger partial charge in [0.05, 0.1) is 0 Å². The zero-order valence-corrected chi connectivity index (χ0v) is 19.5. The number of carbonyl (C=O) groups excluding carboxylic acids is 3. The Hall–Kier alpha value is -3.61. The lowest BCUT2D eigenvalue weighted by Crippen LogP contribution is -2.48. The molecule has 4 amide bonds. The van der Waals surface area contributed by atoms with E-state index in [1.54, 1.807) is 30.3 Å². The van der Waals surface area contributed by atoms with E-state index in [9.17, 15) is 14.4 Å². The molecule has 1 unspecified atom stereocenters. The van der Waals surface area contributed by atoms with Gasteiger partial charge in [0.2, 0.25) is 5.91 Å². The minimum Gasteiger partial charge on any atom is -0.366 e. The molecule has 2 aromatic carbocycles. The van der Waals surface area contributed by atoms with Crippen molar-refractivity contribution < 1.29 is 14.4 Å². The number of benzene rings is 2. The summed E-state index contributed by atoms with van der Waals surface area (Å²) in [6.45, 7) is 9.48. The van der Waals surface area contributed by atoms with Crippen LogP contribution in [0.1, 0.15) is 51.2 Å². The van der Waals surface area contributed by atoms with Crippen LogP contribution in [0.5, 0.6) is 0 Å². The number of imide groups is 1. The van der Waals surface area contributed by atoms with Crippen molar-refractivity contribution in [3.63, 3.8) is 0 Å². The molecule has 2 aromatic rings. The third kappa shape index (κ3) is 4.49. The lowest BCUT2D eigenvalue weighted by atomic mass is 9.79. The molecule has 7 heteroatoms. The monoisotopic (exact) mass is 446 g/mol. The fraction of sp³-hybridized carbons (Fsp3) is 0.346. The molecule has 0 spiro atoms. The van der Waals surface area contributed by atoms with Gasteiger partial charge in [0.15, 0.2) is 0 Å². The normalized spacial score (nSPS) is 20.6. The highest BCUT2D eigenvalue weighted by molar-refractivity contribution is 6.16. The Morgan fingerprint density at radius 3 is 2.61 bits per heavy atom. The Morgan fingerprint density at radius 2 is 1.91 bits per heavy atom. The summed E-state index contributed by atoms with van der Waals surface area (Å²) in [5.74, 6) is -0.565. The standard InChI is InChI=1S/C26H30N4O3/c1-5-30-22-12-11-18(13-20(22)17(2)15-26(30,3)4)14-21-24(32)29(25(33)28-21)16-23(31)27-19-9-7-6-8-10-19/h6-14,17H,5,15-16H2,1-4H3,(H,27,31)(H,28,33)/b21-14+. The first-order valence-corrected chi connectivity index (χ1v) is 11.3. The molecule has 0 saturated carbocycles. The SMILES string of the molecule is CCN1c2ccc(/C=C3/NC(=O)N(CC(=O)Nc4ccccc4)C3=O)cc2C(C)CC1(C)C. The summed E-state index contributed by atoms with van der Waals surface area (Å²) in [4.78, 5) is 40.9. The lowest BCUT2D eigenvalue weighted by Gasteiger charge is -2.47. The van der Waals surface area contributed by atoms with Gasteiger partial charge >= 0.3 is 6.03 Å². The number of anilines is 2. The van der Waals surface area contributed by atoms with E-state index in [0.29, 0.717) is 11.6 Å². The van der Waals surface area contributed by atoms with Crippen molar-refractivity contribution >= 4 is 35.3 Å². The van der Waals surface area contributed by atoms with E-state index < -0.39 is 17.8 Å². The average Bonchev–Trinajstić information content (AvgIpc) is 3.02. The van der Waals surface area contributed by atoms with E-state index in [-0.39, 0.29) is 17.8 Å². The molecule has 2 aliphatic rings. The summed E-state index contributed by atoms with van der Waals surface area (Å²) in [6.07, 6.45) is 2.71. The largest absolute Gasteiger partial charge is 0.366 e. The molecule has 172 valence electrons. The summed E-state index contributed by atoms with van der Waals surface area (Å²) in [7, 11) is 0. The van der Waals surface area contributed by atoms with Crippen molar-refractivity contribution in [1.29, 1.82) is 0 Å². The Bertz CT molecular complexity index is 1120. The molecule has 4 rings (SSSR count). The van der Waals surface area contributed by atoms with Crippen LogP contribution in [0.4, 0.5) is 16.2 Å². The van der Waals surface area contributed by atoms with Crippen molar-refractivity contribution in [3.8, 4) is 0 Å². The van der Waals surface area contributed by atoms with Crippen LogP contribution in [0.3, 0.4) is 0 Å². The van der Waals surface area contributed by atoms with Gasteiger partial charge in [0.25, 0.3) is 5.91 Å². The number of rotatable bonds is 5. The van der Waals surface area contributed by atoms with Crippen LogP contribution in [0.2, 0.25) is 0 Å². The number of amides is 4. The maximum Gasteiger partial charge on any atom is 0.329 e. The molecule has 2 heterocycles. The quantitative estimate of drug-likeness (QED) is 0.529. The van der Waals surface area contributed by atoms with E-state index in [2.05, 4.69) is 55.4 Å². The lowest BCUT2D eigenvalue weighted by molar-refractivity contribution is -0.127. The third-order valence-corrected chi connectivity index (χ3v) is 6.36. The van der Waals surface area contributed by atoms with Crippen LogP contribution >= 0.6 is 0 Å². The van der Waals surface area contributed by atoms with Crippen molar-refractivity contribution in [2.75, 3.05) is 23.3 Å². The molecule has 7 nitrogen and oxygen atoms in total. The van der Waals surface area contributed by atoms with Crippen LogP contribution in [-0.2, 0) is 9.59 Å². The second kappa shape index (κ2) is 8.73. The van der Waals surface area contributed by atoms with E-state index in [1.165, 1.54) is 11.3 Å². The minimum absolute atomic E-state index is 0.0807. The molecule has 1 saturated heterocycles. The van der Waals surface area contributed by atoms with Crippen LogP contribution in [0.15, 0.2) is 54.2 Å². The molecular weight excluding hydrogens is 416 g/mol. The van der Waals surface area contributed by atoms with Crippen LogP contribution in [0, 0.1) is 0 Å². The van der Waals surface area contributed by atoms with Gasteiger partial charge in [0, 0.05) is 23.5 Å². The topological polar surface area (TPSA) is 81.8 Å². The number of hydrogen-bond acceptors (Lipinski definition) is 4. The molecule has 0 aliphatic carbocycles. The van der Waals surface area contributed by atoms with E-state index >= 15 is 0 Å². The highest BCUT2D eigenvalue weighted by Gasteiger charge is 2.37. The molecule has 1 atom stereocenters. The maximum absolute atomic E-state index is 12.8. The molecular formula is C26H30N4O3. The second-order valence-electron chi connectivity index (χ2n) is 9.27. The Kier molecular flexibility index (Phi) is 5.97. The summed E-state index contributed by atoms with van der Waals surface area (Å²) in [6, 6.07) is 14.5. The zero-order chi connectivity index (χ0) is 23.8. The van der Waals surface area contributed by atoms with Crippen molar-refractivity contribution in [1.82, 2.24) is 10.2 Å². The van der Waals surface area contributed by atoms with Gasteiger partial charge < -0.3 is 15.5 Å². The van der Waals surface area contributed by atoms with Crippen molar-refractivity contribution in [3.05, 3.63) is 65.4 Å². The molecule has 2 aliphatic heterocycles. The summed E-state index contributed by atoms with van der Waals surface area (Å²) in [5, 5.41) is 5.30. The number of hydrogen-bond donors (Lipinski definition) is 2. The molecule has 1 fully saturated rings. The highest BCUT2D eigenvalue weighted by Crippen LogP contribution is 2.43. The number of carbonyl (C=O) groups is 3. The summed E-state index contributed by atoms with van der Waals surface area (Å²) >= 11 is 0. The van der Waals surface area contributed by atoms with Crippen LogP contribution in [0.25, 0.3) is 6.08 Å². The molecule has 0 radical (unpaired) electrons. The first-order valence-electron chi connectivity index (χ1n) is 11.3. The van der Waals surface area contributed by atoms with Crippen LogP contribution < -0.4 is 15.5 Å². The first kappa shape index (κ1) is 22.6. The second-order valence-corrected chi connectivity index (χ2v) is 9.27.